The van der Waals surface area contributed by atoms with E-state index in [4.69, 9.17) is 15.2 Å². The first-order valence-electron chi connectivity index (χ1n) is 15.1. The maximum atomic E-state index is 15.2. The number of carbonyl (C=O) groups is 4. The molecule has 0 spiro atoms. The molecule has 4 N–H and O–H groups in total. The van der Waals surface area contributed by atoms with Gasteiger partial charge in [-0.05, 0) is 73.0 Å². The van der Waals surface area contributed by atoms with Crippen LogP contribution < -0.4 is 21.1 Å². The van der Waals surface area contributed by atoms with Gasteiger partial charge in [0.2, 0.25) is 11.8 Å². The summed E-state index contributed by atoms with van der Waals surface area (Å²) in [6.07, 6.45) is -0.811. The highest BCUT2D eigenvalue weighted by Gasteiger charge is 2.46. The fraction of sp³-hybridized carbons (Fsp3) is 0.333. The average molecular weight is 703 g/mol. The van der Waals surface area contributed by atoms with E-state index in [-0.39, 0.29) is 64.0 Å². The molecule has 0 saturated carbocycles. The van der Waals surface area contributed by atoms with Crippen LogP contribution >= 0.6 is 0 Å². The molecule has 0 aliphatic carbocycles. The standard InChI is InChI=1S/C33H36F2N4O9S/c1-5-48-32(42)21-13-14-39(29(21)22-17-20(37-33(43)47-4)9-12-27(22)49(44,45)6-2)31(41)28(18-7-11-24(35)26(16-18)46-3)38-25-15-19(30(36)40)8-10-23(25)34/h7-12,15-17,21,28-29,38H,5-6,13-14H2,1-4H3,(H2,36,40)(H,37,43)/t21-,28+,29+/m0/s1. The Balaban J connectivity index is 1.94. The summed E-state index contributed by atoms with van der Waals surface area (Å²) in [6, 6.07) is 7.95. The van der Waals surface area contributed by atoms with Crippen LogP contribution in [0.25, 0.3) is 0 Å². The highest BCUT2D eigenvalue weighted by molar-refractivity contribution is 7.91. The zero-order valence-corrected chi connectivity index (χ0v) is 27.9. The van der Waals surface area contributed by atoms with E-state index in [1.165, 1.54) is 49.3 Å². The normalized spacial score (nSPS) is 16.4. The number of anilines is 2. The Bertz CT molecular complexity index is 1870. The van der Waals surface area contributed by atoms with Crippen molar-refractivity contribution in [2.45, 2.75) is 37.2 Å². The van der Waals surface area contributed by atoms with Crippen LogP contribution in [0.4, 0.5) is 25.0 Å². The molecule has 49 heavy (non-hydrogen) atoms. The van der Waals surface area contributed by atoms with E-state index >= 15 is 4.39 Å². The number of rotatable bonds is 12. The monoisotopic (exact) mass is 702 g/mol. The molecule has 0 bridgehead atoms. The number of nitrogens with zero attached hydrogens (tertiary/aromatic N) is 1. The van der Waals surface area contributed by atoms with Crippen molar-refractivity contribution in [3.63, 3.8) is 0 Å². The molecule has 3 atom stereocenters. The number of halogens is 2. The summed E-state index contributed by atoms with van der Waals surface area (Å²) in [5.41, 5.74) is 5.26. The molecule has 3 aromatic carbocycles. The number of amides is 3. The summed E-state index contributed by atoms with van der Waals surface area (Å²) in [4.78, 5) is 53.1. The molecule has 1 aliphatic heterocycles. The van der Waals surface area contributed by atoms with Crippen LogP contribution in [0.5, 0.6) is 5.75 Å². The van der Waals surface area contributed by atoms with E-state index in [0.29, 0.717) is 0 Å². The van der Waals surface area contributed by atoms with Crippen molar-refractivity contribution in [3.8, 4) is 5.75 Å². The van der Waals surface area contributed by atoms with Gasteiger partial charge in [-0.3, -0.25) is 19.7 Å². The Hall–Kier alpha value is -5.25. The van der Waals surface area contributed by atoms with Crippen molar-refractivity contribution >= 4 is 45.1 Å². The lowest BCUT2D eigenvalue weighted by Crippen LogP contribution is -2.40. The highest BCUT2D eigenvalue weighted by atomic mass is 32.2. The lowest BCUT2D eigenvalue weighted by Gasteiger charge is -2.33. The summed E-state index contributed by atoms with van der Waals surface area (Å²) in [6.45, 7) is 2.93. The molecule has 16 heteroatoms. The van der Waals surface area contributed by atoms with Crippen LogP contribution in [0.15, 0.2) is 59.5 Å². The number of benzene rings is 3. The number of primary amides is 1. The van der Waals surface area contributed by atoms with Gasteiger partial charge >= 0.3 is 12.1 Å². The van der Waals surface area contributed by atoms with E-state index < -0.39 is 63.4 Å². The fourth-order valence-corrected chi connectivity index (χ4v) is 6.76. The van der Waals surface area contributed by atoms with Crippen LogP contribution in [-0.2, 0) is 28.9 Å². The van der Waals surface area contributed by atoms with E-state index in [9.17, 15) is 32.0 Å². The summed E-state index contributed by atoms with van der Waals surface area (Å²) in [7, 11) is -1.63. The molecule has 1 saturated heterocycles. The lowest BCUT2D eigenvalue weighted by molar-refractivity contribution is -0.149. The number of carbonyl (C=O) groups excluding carboxylic acids is 4. The number of nitrogens with one attached hydrogen (secondary N) is 2. The second kappa shape index (κ2) is 15.3. The summed E-state index contributed by atoms with van der Waals surface area (Å²) >= 11 is 0. The van der Waals surface area contributed by atoms with Gasteiger partial charge in [0.05, 0.1) is 49.1 Å². The number of ether oxygens (including phenoxy) is 3. The van der Waals surface area contributed by atoms with Gasteiger partial charge in [0.15, 0.2) is 21.4 Å². The first-order valence-corrected chi connectivity index (χ1v) is 16.8. The van der Waals surface area contributed by atoms with Gasteiger partial charge in [-0.15, -0.1) is 0 Å². The van der Waals surface area contributed by atoms with Gasteiger partial charge in [0.25, 0.3) is 0 Å². The summed E-state index contributed by atoms with van der Waals surface area (Å²) in [5.74, 6) is -5.57. The summed E-state index contributed by atoms with van der Waals surface area (Å²) in [5, 5.41) is 5.26. The van der Waals surface area contributed by atoms with Gasteiger partial charge in [-0.1, -0.05) is 13.0 Å². The van der Waals surface area contributed by atoms with E-state index in [1.807, 2.05) is 0 Å². The Morgan fingerprint density at radius 2 is 1.71 bits per heavy atom. The minimum atomic E-state index is -3.98. The molecule has 1 fully saturated rings. The maximum absolute atomic E-state index is 15.2. The molecule has 0 unspecified atom stereocenters. The summed E-state index contributed by atoms with van der Waals surface area (Å²) < 4.78 is 71.6. The zero-order valence-electron chi connectivity index (χ0n) is 27.1. The quantitative estimate of drug-likeness (QED) is 0.230. The van der Waals surface area contributed by atoms with Crippen molar-refractivity contribution in [1.29, 1.82) is 0 Å². The maximum Gasteiger partial charge on any atom is 0.411 e. The van der Waals surface area contributed by atoms with Gasteiger partial charge in [-0.25, -0.2) is 22.0 Å². The van der Waals surface area contributed by atoms with Crippen molar-refractivity contribution in [2.75, 3.05) is 43.8 Å². The van der Waals surface area contributed by atoms with Gasteiger partial charge in [-0.2, -0.15) is 0 Å². The molecular formula is C33H36F2N4O9S. The van der Waals surface area contributed by atoms with Crippen LogP contribution in [0.2, 0.25) is 0 Å². The van der Waals surface area contributed by atoms with Crippen molar-refractivity contribution in [2.24, 2.45) is 11.7 Å². The zero-order chi connectivity index (χ0) is 36.0. The SMILES string of the molecule is CCOC(=O)[C@H]1CCN(C(=O)[C@H](Nc2cc(C(N)=O)ccc2F)c2ccc(F)c(OC)c2)[C@H]1c1cc(NC(=O)OC)ccc1S(=O)(=O)CC. The number of likely N-dealkylation sites (tertiary alicyclic amines) is 1. The van der Waals surface area contributed by atoms with Crippen LogP contribution in [0, 0.1) is 17.6 Å². The van der Waals surface area contributed by atoms with Crippen LogP contribution in [0.3, 0.4) is 0 Å². The molecule has 0 radical (unpaired) electrons. The first kappa shape index (κ1) is 36.6. The lowest BCUT2D eigenvalue weighted by atomic mass is 9.92. The molecule has 1 heterocycles. The predicted octanol–water partition coefficient (Wildman–Crippen LogP) is 4.35. The average Bonchev–Trinajstić information content (AvgIpc) is 3.53. The molecule has 3 aromatic rings. The smallest absolute Gasteiger partial charge is 0.411 e. The van der Waals surface area contributed by atoms with Gasteiger partial charge in [0, 0.05) is 17.8 Å². The minimum absolute atomic E-state index is 0.00487. The minimum Gasteiger partial charge on any atom is -0.494 e. The highest BCUT2D eigenvalue weighted by Crippen LogP contribution is 2.44. The Morgan fingerprint density at radius 1 is 1.00 bits per heavy atom. The van der Waals surface area contributed by atoms with Crippen molar-refractivity contribution in [1.82, 2.24) is 4.90 Å². The number of methoxy groups -OCH3 is 2. The molecule has 262 valence electrons. The fourth-order valence-electron chi connectivity index (χ4n) is 5.64. The first-order chi connectivity index (χ1) is 23.3. The van der Waals surface area contributed by atoms with E-state index in [1.54, 1.807) is 6.92 Å². The number of hydrogen-bond donors (Lipinski definition) is 3. The molecule has 3 amide bonds. The van der Waals surface area contributed by atoms with E-state index in [0.717, 1.165) is 31.4 Å². The molecular weight excluding hydrogens is 666 g/mol. The predicted molar refractivity (Wildman–Crippen MR) is 174 cm³/mol. The number of sulfone groups is 1. The largest absolute Gasteiger partial charge is 0.494 e. The third-order valence-electron chi connectivity index (χ3n) is 8.05. The van der Waals surface area contributed by atoms with Crippen molar-refractivity contribution < 1.29 is 50.6 Å². The van der Waals surface area contributed by atoms with Crippen LogP contribution in [-0.4, -0.2) is 70.3 Å². The van der Waals surface area contributed by atoms with Crippen LogP contribution in [0.1, 0.15) is 53.8 Å². The Morgan fingerprint density at radius 3 is 2.35 bits per heavy atom. The Labute approximate surface area is 281 Å². The molecule has 13 nitrogen and oxygen atoms in total. The number of esters is 1. The van der Waals surface area contributed by atoms with E-state index in [2.05, 4.69) is 15.4 Å². The second-order valence-corrected chi connectivity index (χ2v) is 13.2. The third-order valence-corrected chi connectivity index (χ3v) is 9.85. The molecule has 0 aromatic heterocycles. The molecule has 1 aliphatic rings. The topological polar surface area (TPSA) is 183 Å². The second-order valence-electron chi connectivity index (χ2n) is 10.9. The number of hydrogen-bond acceptors (Lipinski definition) is 10. The van der Waals surface area contributed by atoms with Crippen molar-refractivity contribution in [3.05, 3.63) is 82.9 Å². The van der Waals surface area contributed by atoms with Gasteiger partial charge in [0.1, 0.15) is 11.9 Å². The third kappa shape index (κ3) is 7.91. The Kier molecular flexibility index (Phi) is 11.4. The molecule has 4 rings (SSSR count). The van der Waals surface area contributed by atoms with Gasteiger partial charge < -0.3 is 30.2 Å². The number of nitrogens with two attached hydrogens (primary N) is 1.